The van der Waals surface area contributed by atoms with E-state index in [1.54, 1.807) is 6.66 Å². The van der Waals surface area contributed by atoms with Crippen LogP contribution in [0.3, 0.4) is 0 Å². The van der Waals surface area contributed by atoms with E-state index in [0.29, 0.717) is 13.2 Å². The molecule has 0 bridgehead atoms. The van der Waals surface area contributed by atoms with Crippen molar-refractivity contribution >= 4 is 25.5 Å². The Hall–Kier alpha value is -2.56. The number of para-hydroxylation sites is 2. The molecule has 0 spiro atoms. The van der Waals surface area contributed by atoms with Crippen LogP contribution in [-0.2, 0) is 15.4 Å². The van der Waals surface area contributed by atoms with Crippen LogP contribution in [0.2, 0.25) is 0 Å². The van der Waals surface area contributed by atoms with Crippen molar-refractivity contribution in [2.75, 3.05) is 37.9 Å². The van der Waals surface area contributed by atoms with E-state index in [-0.39, 0.29) is 10.8 Å². The minimum absolute atomic E-state index is 0.0783. The number of aliphatic hydroxyl groups excluding tert-OH is 1. The van der Waals surface area contributed by atoms with Gasteiger partial charge in [0.05, 0.1) is 12.0 Å². The molecule has 2 N–H and O–H groups in total. The fraction of sp³-hybridized carbons (Fsp3) is 0.441. The van der Waals surface area contributed by atoms with Gasteiger partial charge in [-0.05, 0) is 50.8 Å². The standard InChI is InChI=1S/C34H46N2O3P/c1-33(2)27-17-10-12-19-29(27)35(23-14-7-15-25-37)31(33)21-8-6-9-22-32-34(3,4)28-18-11-13-20-30(28)36(32)24-16-26-39-40(5)38/h6,8-13,17-22,37-38H,7,14-16,23-26H2,1-5H3/q+1/i37T. The van der Waals surface area contributed by atoms with E-state index in [1.165, 1.54) is 33.9 Å². The molecule has 0 saturated heterocycles. The molecule has 5 nitrogen and oxygen atoms in total. The number of allylic oxidation sites excluding steroid dienone is 6. The summed E-state index contributed by atoms with van der Waals surface area (Å²) in [7, 11) is -1.33. The van der Waals surface area contributed by atoms with Gasteiger partial charge < -0.3 is 19.4 Å². The van der Waals surface area contributed by atoms with Crippen molar-refractivity contribution in [2.24, 2.45) is 0 Å². The summed E-state index contributed by atoms with van der Waals surface area (Å²) < 4.78 is 14.8. The number of hydrogen-bond donors (Lipinski definition) is 2. The van der Waals surface area contributed by atoms with Gasteiger partial charge in [0.25, 0.3) is 0 Å². The zero-order valence-corrected chi connectivity index (χ0v) is 25.7. The molecule has 1 atom stereocenters. The summed E-state index contributed by atoms with van der Waals surface area (Å²) >= 11 is 0. The summed E-state index contributed by atoms with van der Waals surface area (Å²) in [6.07, 6.45) is 14.8. The first kappa shape index (κ1) is 29.0. The van der Waals surface area contributed by atoms with Gasteiger partial charge in [-0.2, -0.15) is 4.58 Å². The van der Waals surface area contributed by atoms with E-state index in [4.69, 9.17) is 5.95 Å². The van der Waals surface area contributed by atoms with E-state index in [2.05, 4.69) is 121 Å². The lowest BCUT2D eigenvalue weighted by molar-refractivity contribution is -0.438. The van der Waals surface area contributed by atoms with Crippen molar-refractivity contribution in [2.45, 2.75) is 64.2 Å². The number of hydrogen-bond acceptors (Lipinski definition) is 4. The second-order valence-corrected chi connectivity index (χ2v) is 12.9. The van der Waals surface area contributed by atoms with E-state index < -0.39 is 8.38 Å². The van der Waals surface area contributed by atoms with Gasteiger partial charge in [-0.15, -0.1) is 0 Å². The molecule has 0 amide bonds. The molecule has 0 aliphatic carbocycles. The van der Waals surface area contributed by atoms with Gasteiger partial charge in [0.15, 0.2) is 20.6 Å². The summed E-state index contributed by atoms with van der Waals surface area (Å²) in [5.41, 5.74) is 7.64. The molecule has 2 aromatic rings. The highest BCUT2D eigenvalue weighted by Crippen LogP contribution is 2.47. The zero-order valence-electron chi connectivity index (χ0n) is 25.8. The fourth-order valence-electron chi connectivity index (χ4n) is 6.09. The predicted molar refractivity (Wildman–Crippen MR) is 169 cm³/mol. The van der Waals surface area contributed by atoms with Crippen molar-refractivity contribution in [1.82, 2.24) is 0 Å². The molecule has 2 aromatic carbocycles. The molecule has 2 aliphatic heterocycles. The van der Waals surface area contributed by atoms with Gasteiger partial charge in [0, 0.05) is 60.7 Å². The lowest BCUT2D eigenvalue weighted by atomic mass is 9.81. The van der Waals surface area contributed by atoms with E-state index >= 15 is 0 Å². The number of anilines is 1. The first-order valence-electron chi connectivity index (χ1n) is 14.9. The van der Waals surface area contributed by atoms with Gasteiger partial charge >= 0.3 is 0 Å². The van der Waals surface area contributed by atoms with Gasteiger partial charge in [0.1, 0.15) is 0 Å². The summed E-state index contributed by atoms with van der Waals surface area (Å²) in [4.78, 5) is 12.0. The van der Waals surface area contributed by atoms with Gasteiger partial charge in [-0.25, -0.2) is 0 Å². The molecular formula is C34H46N2O3P+. The van der Waals surface area contributed by atoms with Crippen molar-refractivity contribution in [3.8, 4) is 0 Å². The summed E-state index contributed by atoms with van der Waals surface area (Å²) in [6.45, 7) is 13.8. The number of fused-ring (bicyclic) bond motifs is 2. The highest BCUT2D eigenvalue weighted by atomic mass is 31.2. The maximum Gasteiger partial charge on any atom is 0.210 e. The van der Waals surface area contributed by atoms with Crippen molar-refractivity contribution in [3.05, 3.63) is 95.7 Å². The Kier molecular flexibility index (Phi) is 9.70. The Bertz CT molecular complexity index is 1310. The Morgan fingerprint density at radius 2 is 1.68 bits per heavy atom. The van der Waals surface area contributed by atoms with Crippen molar-refractivity contribution < 1.29 is 19.1 Å². The number of unbranched alkanes of at least 4 members (excludes halogenated alkanes) is 2. The molecule has 2 aliphatic rings. The molecule has 4 rings (SSSR count). The Labute approximate surface area is 243 Å². The smallest absolute Gasteiger partial charge is 0.210 e. The molecule has 214 valence electrons. The minimum atomic E-state index is -1.33. The largest absolute Gasteiger partial charge is 0.396 e. The quantitative estimate of drug-likeness (QED) is 0.109. The van der Waals surface area contributed by atoms with Crippen LogP contribution in [-0.4, -0.2) is 54.7 Å². The highest BCUT2D eigenvalue weighted by molar-refractivity contribution is 7.45. The van der Waals surface area contributed by atoms with Crippen LogP contribution in [0.25, 0.3) is 0 Å². The average Bonchev–Trinajstić information content (AvgIpc) is 3.29. The SMILES string of the molecule is [3H]OCCCCCN1C(=CC=CC=CC2=[N+](CCCOP(C)O)c3ccccc3C2(C)C)C(C)(C)c2ccccc21. The normalized spacial score (nSPS) is 19.6. The third kappa shape index (κ3) is 6.50. The highest BCUT2D eigenvalue weighted by Gasteiger charge is 2.44. The van der Waals surface area contributed by atoms with Gasteiger partial charge in [0.2, 0.25) is 7.12 Å². The van der Waals surface area contributed by atoms with E-state index in [0.717, 1.165) is 38.8 Å². The van der Waals surface area contributed by atoms with Crippen LogP contribution in [0.15, 0.2) is 84.6 Å². The lowest BCUT2D eigenvalue weighted by Gasteiger charge is -2.27. The molecule has 40 heavy (non-hydrogen) atoms. The molecule has 1 unspecified atom stereocenters. The molecule has 6 heteroatoms. The summed E-state index contributed by atoms with van der Waals surface area (Å²) in [5, 5.41) is 4.50. The molecule has 0 aromatic heterocycles. The lowest BCUT2D eigenvalue weighted by Crippen LogP contribution is -2.28. The number of aliphatic hydroxyl groups is 1. The maximum absolute atomic E-state index is 9.54. The van der Waals surface area contributed by atoms with Gasteiger partial charge in [-0.3, -0.25) is 0 Å². The fourth-order valence-corrected chi connectivity index (χ4v) is 6.48. The first-order chi connectivity index (χ1) is 19.7. The van der Waals surface area contributed by atoms with Crippen LogP contribution >= 0.6 is 8.38 Å². The third-order valence-corrected chi connectivity index (χ3v) is 8.72. The van der Waals surface area contributed by atoms with Crippen LogP contribution in [0.4, 0.5) is 11.4 Å². The molecule has 2 heterocycles. The Morgan fingerprint density at radius 3 is 2.45 bits per heavy atom. The van der Waals surface area contributed by atoms with E-state index in [9.17, 15) is 4.89 Å². The van der Waals surface area contributed by atoms with Crippen LogP contribution in [0, 0.1) is 0 Å². The van der Waals surface area contributed by atoms with Crippen LogP contribution in [0.5, 0.6) is 0 Å². The number of benzene rings is 2. The zero-order chi connectivity index (χ0) is 29.5. The predicted octanol–water partition coefficient (Wildman–Crippen LogP) is 7.36. The summed E-state index contributed by atoms with van der Waals surface area (Å²) in [5.74, 6) is 0. The van der Waals surface area contributed by atoms with Gasteiger partial charge in [-0.1, -0.05) is 68.5 Å². The van der Waals surface area contributed by atoms with Crippen LogP contribution in [0.1, 0.15) is 64.5 Å². The molecule has 0 saturated carbocycles. The second kappa shape index (κ2) is 13.4. The first-order valence-corrected chi connectivity index (χ1v) is 16.2. The number of nitrogens with zero attached hydrogens (tertiary/aromatic N) is 2. The number of rotatable bonds is 14. The van der Waals surface area contributed by atoms with Crippen molar-refractivity contribution in [3.63, 3.8) is 0 Å². The minimum Gasteiger partial charge on any atom is -0.396 e. The average molecular weight is 564 g/mol. The monoisotopic (exact) mass is 563 g/mol. The maximum atomic E-state index is 9.54. The summed E-state index contributed by atoms with van der Waals surface area (Å²) in [6, 6.07) is 17.4. The third-order valence-electron chi connectivity index (χ3n) is 8.16. The molecule has 0 radical (unpaired) electrons. The Morgan fingerprint density at radius 1 is 0.925 bits per heavy atom. The molecular weight excluding hydrogens is 515 g/mol. The Balaban J connectivity index is 1.55. The second-order valence-electron chi connectivity index (χ2n) is 11.7. The van der Waals surface area contributed by atoms with Crippen molar-refractivity contribution in [1.29, 1.82) is 1.43 Å². The topological polar surface area (TPSA) is 55.9 Å². The van der Waals surface area contributed by atoms with Crippen LogP contribution < -0.4 is 4.90 Å². The molecule has 0 fully saturated rings. The van der Waals surface area contributed by atoms with E-state index in [1.807, 2.05) is 0 Å².